The quantitative estimate of drug-likeness (QED) is 0.596. The monoisotopic (exact) mass is 210 g/mol. The fourth-order valence-electron chi connectivity index (χ4n) is 2.94. The smallest absolute Gasteiger partial charge is 0.0152 e. The number of hydrogen-bond acceptors (Lipinski definition) is 0. The van der Waals surface area contributed by atoms with Crippen LogP contribution in [-0.4, -0.2) is 0 Å². The average Bonchev–Trinajstić information content (AvgIpc) is 2.32. The molecule has 0 heterocycles. The number of allylic oxidation sites excluding steroid dienone is 2. The molecule has 1 aromatic rings. The summed E-state index contributed by atoms with van der Waals surface area (Å²) in [6, 6.07) is 4.77. The Kier molecular flexibility index (Phi) is 2.24. The van der Waals surface area contributed by atoms with Gasteiger partial charge >= 0.3 is 0 Å². The number of hydrogen-bond donors (Lipinski definition) is 0. The molecule has 0 fully saturated rings. The fourth-order valence-corrected chi connectivity index (χ4v) is 2.94. The van der Waals surface area contributed by atoms with Gasteiger partial charge in [0.05, 0.1) is 0 Å². The Morgan fingerprint density at radius 3 is 1.56 bits per heavy atom. The van der Waals surface area contributed by atoms with Crippen LogP contribution in [0.1, 0.15) is 47.9 Å². The first-order valence-electron chi connectivity index (χ1n) is 6.28. The van der Waals surface area contributed by atoms with Gasteiger partial charge in [-0.1, -0.05) is 25.3 Å². The van der Waals surface area contributed by atoms with E-state index in [1.165, 1.54) is 48.0 Å². The summed E-state index contributed by atoms with van der Waals surface area (Å²) in [6.45, 7) is 8.40. The third-order valence-corrected chi connectivity index (χ3v) is 3.97. The zero-order valence-corrected chi connectivity index (χ0v) is 9.81. The van der Waals surface area contributed by atoms with Gasteiger partial charge in [-0.05, 0) is 71.9 Å². The molecule has 82 valence electrons. The van der Waals surface area contributed by atoms with Crippen LogP contribution in [0.5, 0.6) is 0 Å². The molecular formula is C16H18. The second kappa shape index (κ2) is 3.62. The van der Waals surface area contributed by atoms with Crippen molar-refractivity contribution in [1.82, 2.24) is 0 Å². The Morgan fingerprint density at radius 1 is 0.688 bits per heavy atom. The van der Waals surface area contributed by atoms with Crippen LogP contribution in [0.4, 0.5) is 0 Å². The van der Waals surface area contributed by atoms with Gasteiger partial charge in [-0.25, -0.2) is 0 Å². The second-order valence-corrected chi connectivity index (χ2v) is 5.08. The molecule has 0 saturated heterocycles. The Balaban J connectivity index is 2.18. The highest BCUT2D eigenvalue weighted by molar-refractivity contribution is 5.83. The van der Waals surface area contributed by atoms with Crippen molar-refractivity contribution >= 4 is 11.1 Å². The van der Waals surface area contributed by atoms with Gasteiger partial charge in [-0.2, -0.15) is 0 Å². The van der Waals surface area contributed by atoms with Crippen LogP contribution in [-0.2, 0) is 12.8 Å². The summed E-state index contributed by atoms with van der Waals surface area (Å²) in [5, 5.41) is 0. The molecule has 3 rings (SSSR count). The van der Waals surface area contributed by atoms with Crippen molar-refractivity contribution in [2.45, 2.75) is 38.5 Å². The lowest BCUT2D eigenvalue weighted by Gasteiger charge is -2.25. The molecule has 2 aliphatic rings. The minimum Gasteiger partial charge on any atom is -0.0952 e. The molecule has 0 amide bonds. The lowest BCUT2D eigenvalue weighted by molar-refractivity contribution is 0.684. The first-order chi connectivity index (χ1) is 7.75. The molecule has 0 saturated carbocycles. The predicted octanol–water partition coefficient (Wildman–Crippen LogP) is 4.39. The highest BCUT2D eigenvalue weighted by Crippen LogP contribution is 2.38. The van der Waals surface area contributed by atoms with Gasteiger partial charge in [-0.3, -0.25) is 0 Å². The summed E-state index contributed by atoms with van der Waals surface area (Å²) in [6.07, 6.45) is 7.37. The molecular weight excluding hydrogens is 192 g/mol. The van der Waals surface area contributed by atoms with Gasteiger partial charge in [0.25, 0.3) is 0 Å². The molecule has 0 spiro atoms. The third-order valence-electron chi connectivity index (χ3n) is 3.97. The summed E-state index contributed by atoms with van der Waals surface area (Å²) in [7, 11) is 0. The topological polar surface area (TPSA) is 0 Å². The van der Waals surface area contributed by atoms with E-state index in [1.807, 2.05) is 0 Å². The minimum absolute atomic E-state index is 1.09. The van der Waals surface area contributed by atoms with Gasteiger partial charge in [-0.15, -0.1) is 0 Å². The standard InChI is InChI=1S/C16H18/c1-11-7-8-12(2)16-10-14-6-4-3-5-13(14)9-15(11)16/h9-10H,1-8H2. The van der Waals surface area contributed by atoms with Crippen LogP contribution >= 0.6 is 0 Å². The first-order valence-corrected chi connectivity index (χ1v) is 6.28. The maximum Gasteiger partial charge on any atom is -0.0152 e. The van der Waals surface area contributed by atoms with Crippen molar-refractivity contribution in [1.29, 1.82) is 0 Å². The predicted molar refractivity (Wildman–Crippen MR) is 70.4 cm³/mol. The Morgan fingerprint density at radius 2 is 1.12 bits per heavy atom. The highest BCUT2D eigenvalue weighted by Gasteiger charge is 2.19. The maximum absolute atomic E-state index is 4.20. The van der Waals surface area contributed by atoms with Crippen LogP contribution in [0.25, 0.3) is 11.1 Å². The van der Waals surface area contributed by atoms with E-state index in [0.717, 1.165) is 12.8 Å². The fraction of sp³-hybridized carbons (Fsp3) is 0.375. The van der Waals surface area contributed by atoms with Crippen molar-refractivity contribution < 1.29 is 0 Å². The lowest BCUT2D eigenvalue weighted by Crippen LogP contribution is -2.08. The number of benzene rings is 1. The molecule has 0 atom stereocenters. The minimum atomic E-state index is 1.09. The van der Waals surface area contributed by atoms with E-state index in [4.69, 9.17) is 0 Å². The summed E-state index contributed by atoms with van der Waals surface area (Å²) >= 11 is 0. The van der Waals surface area contributed by atoms with Crippen molar-refractivity contribution in [3.05, 3.63) is 47.5 Å². The Hall–Kier alpha value is -1.30. The Labute approximate surface area is 97.7 Å². The summed E-state index contributed by atoms with van der Waals surface area (Å²) in [4.78, 5) is 0. The van der Waals surface area contributed by atoms with Crippen LogP contribution in [0, 0.1) is 0 Å². The number of aryl methyl sites for hydroxylation is 2. The third kappa shape index (κ3) is 1.44. The van der Waals surface area contributed by atoms with Crippen LogP contribution < -0.4 is 0 Å². The van der Waals surface area contributed by atoms with E-state index in [-0.39, 0.29) is 0 Å². The molecule has 0 unspecified atom stereocenters. The van der Waals surface area contributed by atoms with E-state index in [0.29, 0.717) is 0 Å². The van der Waals surface area contributed by atoms with Crippen molar-refractivity contribution in [3.63, 3.8) is 0 Å². The largest absolute Gasteiger partial charge is 0.0952 e. The van der Waals surface area contributed by atoms with E-state index in [9.17, 15) is 0 Å². The van der Waals surface area contributed by atoms with E-state index < -0.39 is 0 Å². The van der Waals surface area contributed by atoms with Crippen LogP contribution in [0.15, 0.2) is 25.3 Å². The number of rotatable bonds is 0. The summed E-state index contributed by atoms with van der Waals surface area (Å²) < 4.78 is 0. The van der Waals surface area contributed by atoms with Gasteiger partial charge < -0.3 is 0 Å². The van der Waals surface area contributed by atoms with Gasteiger partial charge in [0, 0.05) is 0 Å². The molecule has 0 bridgehead atoms. The molecule has 0 aromatic heterocycles. The zero-order chi connectivity index (χ0) is 11.1. The Bertz CT molecular complexity index is 432. The SMILES string of the molecule is C=C1CCC(=C)c2cc3c(cc21)CCCC3. The number of fused-ring (bicyclic) bond motifs is 2. The highest BCUT2D eigenvalue weighted by atomic mass is 14.2. The second-order valence-electron chi connectivity index (χ2n) is 5.08. The van der Waals surface area contributed by atoms with E-state index >= 15 is 0 Å². The zero-order valence-electron chi connectivity index (χ0n) is 9.81. The van der Waals surface area contributed by atoms with Crippen molar-refractivity contribution in [3.8, 4) is 0 Å². The van der Waals surface area contributed by atoms with Crippen molar-refractivity contribution in [2.75, 3.05) is 0 Å². The maximum atomic E-state index is 4.20. The first kappa shape index (κ1) is 9.89. The van der Waals surface area contributed by atoms with Gasteiger partial charge in [0.15, 0.2) is 0 Å². The molecule has 1 aromatic carbocycles. The molecule has 0 radical (unpaired) electrons. The molecule has 2 aliphatic carbocycles. The summed E-state index contributed by atoms with van der Waals surface area (Å²) in [5.41, 5.74) is 8.46. The molecule has 16 heavy (non-hydrogen) atoms. The van der Waals surface area contributed by atoms with Crippen LogP contribution in [0.3, 0.4) is 0 Å². The van der Waals surface area contributed by atoms with Crippen LogP contribution in [0.2, 0.25) is 0 Å². The van der Waals surface area contributed by atoms with E-state index in [1.54, 1.807) is 11.1 Å². The molecule has 0 aliphatic heterocycles. The van der Waals surface area contributed by atoms with Crippen molar-refractivity contribution in [2.24, 2.45) is 0 Å². The van der Waals surface area contributed by atoms with E-state index in [2.05, 4.69) is 25.3 Å². The lowest BCUT2D eigenvalue weighted by atomic mass is 9.80. The molecule has 0 heteroatoms. The molecule has 0 N–H and O–H groups in total. The normalized spacial score (nSPS) is 19.2. The average molecular weight is 210 g/mol. The molecule has 0 nitrogen and oxygen atoms in total. The van der Waals surface area contributed by atoms with Gasteiger partial charge in [0.1, 0.15) is 0 Å². The summed E-state index contributed by atoms with van der Waals surface area (Å²) in [5.74, 6) is 0. The van der Waals surface area contributed by atoms with Gasteiger partial charge in [0.2, 0.25) is 0 Å².